The quantitative estimate of drug-likeness (QED) is 0.799. The molecule has 1 aliphatic heterocycles. The van der Waals surface area contributed by atoms with Crippen LogP contribution in [0.15, 0.2) is 47.8 Å². The highest BCUT2D eigenvalue weighted by molar-refractivity contribution is 5.56. The lowest BCUT2D eigenvalue weighted by atomic mass is 9.99. The van der Waals surface area contributed by atoms with Crippen molar-refractivity contribution < 1.29 is 0 Å². The van der Waals surface area contributed by atoms with Gasteiger partial charge in [-0.3, -0.25) is 5.01 Å². The Morgan fingerprint density at radius 2 is 1.65 bits per heavy atom. The van der Waals surface area contributed by atoms with Gasteiger partial charge in [-0.2, -0.15) is 0 Å². The van der Waals surface area contributed by atoms with E-state index in [1.54, 1.807) is 5.01 Å². The van der Waals surface area contributed by atoms with E-state index < -0.39 is 0 Å². The Morgan fingerprint density at radius 3 is 2.30 bits per heavy atom. The number of rotatable bonds is 3. The molecule has 0 radical (unpaired) electrons. The Labute approximate surface area is 137 Å². The number of benzene rings is 2. The molecule has 4 heteroatoms. The van der Waals surface area contributed by atoms with E-state index in [-0.39, 0.29) is 6.04 Å². The van der Waals surface area contributed by atoms with Crippen molar-refractivity contribution >= 4 is 5.69 Å². The normalized spacial score (nSPS) is 18.1. The summed E-state index contributed by atoms with van der Waals surface area (Å²) in [7, 11) is 0. The molecule has 1 aliphatic rings. The molecular formula is C19H23N3O. The van der Waals surface area contributed by atoms with Gasteiger partial charge in [-0.05, 0) is 38.0 Å². The van der Waals surface area contributed by atoms with E-state index in [1.165, 1.54) is 27.9 Å². The number of hydrogen-bond acceptors (Lipinski definition) is 3. The Kier molecular flexibility index (Phi) is 4.33. The van der Waals surface area contributed by atoms with Crippen LogP contribution < -0.4 is 4.90 Å². The van der Waals surface area contributed by atoms with Crippen LogP contribution in [0.3, 0.4) is 0 Å². The first-order valence-corrected chi connectivity index (χ1v) is 8.07. The molecule has 0 saturated carbocycles. The lowest BCUT2D eigenvalue weighted by Gasteiger charge is -2.41. The van der Waals surface area contributed by atoms with Crippen LogP contribution in [-0.2, 0) is 0 Å². The van der Waals surface area contributed by atoms with Gasteiger partial charge >= 0.3 is 0 Å². The maximum Gasteiger partial charge on any atom is 0.0736 e. The molecule has 1 atom stereocenters. The van der Waals surface area contributed by atoms with Gasteiger partial charge in [0, 0.05) is 12.2 Å². The predicted octanol–water partition coefficient (Wildman–Crippen LogP) is 4.16. The third-order valence-electron chi connectivity index (χ3n) is 4.60. The monoisotopic (exact) mass is 309 g/mol. The minimum Gasteiger partial charge on any atom is -0.361 e. The first kappa shape index (κ1) is 15.5. The van der Waals surface area contributed by atoms with Crippen molar-refractivity contribution in [1.82, 2.24) is 5.01 Å². The molecule has 23 heavy (non-hydrogen) atoms. The summed E-state index contributed by atoms with van der Waals surface area (Å²) in [6.07, 6.45) is 0. The van der Waals surface area contributed by atoms with Crippen molar-refractivity contribution in [1.29, 1.82) is 0 Å². The number of hydrogen-bond donors (Lipinski definition) is 0. The number of aryl methyl sites for hydroxylation is 3. The summed E-state index contributed by atoms with van der Waals surface area (Å²) in [5, 5.41) is 4.79. The van der Waals surface area contributed by atoms with E-state index in [2.05, 4.69) is 73.4 Å². The molecule has 4 nitrogen and oxygen atoms in total. The van der Waals surface area contributed by atoms with Crippen molar-refractivity contribution in [3.63, 3.8) is 0 Å². The second-order valence-corrected chi connectivity index (χ2v) is 6.40. The number of nitrogens with zero attached hydrogens (tertiary/aromatic N) is 3. The minimum atomic E-state index is 0.142. The van der Waals surface area contributed by atoms with Crippen molar-refractivity contribution in [2.24, 2.45) is 5.29 Å². The van der Waals surface area contributed by atoms with E-state index in [1.807, 2.05) is 0 Å². The Morgan fingerprint density at radius 1 is 0.957 bits per heavy atom. The third kappa shape index (κ3) is 3.21. The highest BCUT2D eigenvalue weighted by Crippen LogP contribution is 2.33. The molecule has 0 amide bonds. The maximum absolute atomic E-state index is 11.0. The number of piperazine rings is 1. The topological polar surface area (TPSA) is 35.9 Å². The maximum atomic E-state index is 11.0. The standard InChI is InChI=1S/C19H23N3O/c1-14-4-7-17(8-5-14)19-13-21(20-23)10-11-22(19)18-9-6-15(2)12-16(18)3/h4-9,12,19H,10-11,13H2,1-3H3. The van der Waals surface area contributed by atoms with Crippen LogP contribution in [0, 0.1) is 25.7 Å². The molecule has 0 spiro atoms. The number of nitroso groups, excluding NO2 is 1. The van der Waals surface area contributed by atoms with Gasteiger partial charge < -0.3 is 4.90 Å². The fourth-order valence-electron chi connectivity index (χ4n) is 3.33. The summed E-state index contributed by atoms with van der Waals surface area (Å²) in [6.45, 7) is 8.44. The fraction of sp³-hybridized carbons (Fsp3) is 0.368. The van der Waals surface area contributed by atoms with E-state index in [0.29, 0.717) is 13.1 Å². The zero-order valence-corrected chi connectivity index (χ0v) is 14.0. The lowest BCUT2D eigenvalue weighted by Crippen LogP contribution is -2.46. The van der Waals surface area contributed by atoms with Gasteiger partial charge in [-0.15, -0.1) is 4.91 Å². The molecular weight excluding hydrogens is 286 g/mol. The second kappa shape index (κ2) is 6.41. The van der Waals surface area contributed by atoms with Crippen molar-refractivity contribution in [2.45, 2.75) is 26.8 Å². The molecule has 0 bridgehead atoms. The molecule has 1 saturated heterocycles. The van der Waals surface area contributed by atoms with Gasteiger partial charge in [0.05, 0.1) is 24.4 Å². The molecule has 0 aliphatic carbocycles. The van der Waals surface area contributed by atoms with Crippen LogP contribution in [0.2, 0.25) is 0 Å². The first-order chi connectivity index (χ1) is 11.1. The highest BCUT2D eigenvalue weighted by atomic mass is 16.3. The summed E-state index contributed by atoms with van der Waals surface area (Å²) in [5.74, 6) is 0. The first-order valence-electron chi connectivity index (χ1n) is 8.07. The van der Waals surface area contributed by atoms with E-state index >= 15 is 0 Å². The summed E-state index contributed by atoms with van der Waals surface area (Å²) in [5.41, 5.74) is 6.25. The molecule has 0 aromatic heterocycles. The van der Waals surface area contributed by atoms with Crippen molar-refractivity contribution in [2.75, 3.05) is 24.5 Å². The van der Waals surface area contributed by atoms with Gasteiger partial charge in [0.15, 0.2) is 0 Å². The summed E-state index contributed by atoms with van der Waals surface area (Å²) >= 11 is 0. The van der Waals surface area contributed by atoms with Gasteiger partial charge in [0.1, 0.15) is 0 Å². The third-order valence-corrected chi connectivity index (χ3v) is 4.60. The van der Waals surface area contributed by atoms with E-state index in [4.69, 9.17) is 0 Å². The molecule has 1 heterocycles. The molecule has 2 aromatic rings. The molecule has 3 rings (SSSR count). The Hall–Kier alpha value is -2.36. The van der Waals surface area contributed by atoms with Crippen molar-refractivity contribution in [3.8, 4) is 0 Å². The zero-order chi connectivity index (χ0) is 16.4. The van der Waals surface area contributed by atoms with Crippen LogP contribution in [0.4, 0.5) is 5.69 Å². The van der Waals surface area contributed by atoms with Crippen molar-refractivity contribution in [3.05, 3.63) is 69.6 Å². The summed E-state index contributed by atoms with van der Waals surface area (Å²) in [6, 6.07) is 15.3. The largest absolute Gasteiger partial charge is 0.361 e. The lowest BCUT2D eigenvalue weighted by molar-refractivity contribution is 0.230. The Balaban J connectivity index is 1.98. The van der Waals surface area contributed by atoms with Gasteiger partial charge in [-0.1, -0.05) is 47.5 Å². The number of anilines is 1. The van der Waals surface area contributed by atoms with E-state index in [9.17, 15) is 4.91 Å². The second-order valence-electron chi connectivity index (χ2n) is 6.40. The molecule has 0 N–H and O–H groups in total. The molecule has 2 aromatic carbocycles. The van der Waals surface area contributed by atoms with Gasteiger partial charge in [-0.25, -0.2) is 0 Å². The summed E-state index contributed by atoms with van der Waals surface area (Å²) in [4.78, 5) is 13.4. The zero-order valence-electron chi connectivity index (χ0n) is 14.0. The minimum absolute atomic E-state index is 0.142. The molecule has 1 fully saturated rings. The predicted molar refractivity (Wildman–Crippen MR) is 94.6 cm³/mol. The van der Waals surface area contributed by atoms with E-state index in [0.717, 1.165) is 6.54 Å². The Bertz CT molecular complexity index is 696. The average Bonchev–Trinajstić information content (AvgIpc) is 2.55. The average molecular weight is 309 g/mol. The van der Waals surface area contributed by atoms with Crippen LogP contribution in [0.5, 0.6) is 0 Å². The van der Waals surface area contributed by atoms with Gasteiger partial charge in [0.25, 0.3) is 0 Å². The smallest absolute Gasteiger partial charge is 0.0736 e. The summed E-state index contributed by atoms with van der Waals surface area (Å²) < 4.78 is 0. The van der Waals surface area contributed by atoms with Crippen LogP contribution in [0.25, 0.3) is 0 Å². The fourth-order valence-corrected chi connectivity index (χ4v) is 3.33. The SMILES string of the molecule is Cc1ccc(C2CN(N=O)CCN2c2ccc(C)cc2C)cc1. The van der Waals surface area contributed by atoms with Crippen LogP contribution >= 0.6 is 0 Å². The van der Waals surface area contributed by atoms with Crippen LogP contribution in [0.1, 0.15) is 28.3 Å². The molecule has 120 valence electrons. The highest BCUT2D eigenvalue weighted by Gasteiger charge is 2.29. The molecule has 1 unspecified atom stereocenters. The van der Waals surface area contributed by atoms with Crippen LogP contribution in [-0.4, -0.2) is 24.6 Å². The van der Waals surface area contributed by atoms with Gasteiger partial charge in [0.2, 0.25) is 0 Å².